The molecule has 0 aliphatic carbocycles. The summed E-state index contributed by atoms with van der Waals surface area (Å²) in [7, 11) is 0. The largest absolute Gasteiger partial charge is 0.465 e. The molecule has 1 rings (SSSR count). The Morgan fingerprint density at radius 2 is 1.26 bits per heavy atom. The zero-order valence-corrected chi connectivity index (χ0v) is 20.3. The summed E-state index contributed by atoms with van der Waals surface area (Å²) in [5.41, 5.74) is 1.08. The van der Waals surface area contributed by atoms with Crippen molar-refractivity contribution in [3.05, 3.63) is 35.9 Å². The fraction of sp³-hybridized carbons (Fsp3) is 0.750. The second-order valence-electron chi connectivity index (χ2n) is 9.04. The van der Waals surface area contributed by atoms with E-state index >= 15 is 0 Å². The van der Waals surface area contributed by atoms with Crippen LogP contribution in [0, 0.1) is 0 Å². The van der Waals surface area contributed by atoms with E-state index in [-0.39, 0.29) is 18.0 Å². The van der Waals surface area contributed by atoms with E-state index in [1.54, 1.807) is 0 Å². The first-order valence-corrected chi connectivity index (χ1v) is 13.1. The normalized spacial score (nSPS) is 13.1. The third kappa shape index (κ3) is 14.4. The van der Waals surface area contributed by atoms with Crippen LogP contribution in [0.15, 0.2) is 30.3 Å². The molecule has 0 bridgehead atoms. The number of aliphatic hydroxyl groups is 1. The first-order valence-electron chi connectivity index (χ1n) is 13.1. The van der Waals surface area contributed by atoms with Gasteiger partial charge in [0.15, 0.2) is 0 Å². The number of carbonyl (C=O) groups is 1. The predicted molar refractivity (Wildman–Crippen MR) is 131 cm³/mol. The van der Waals surface area contributed by atoms with Crippen LogP contribution in [0.5, 0.6) is 0 Å². The molecule has 2 unspecified atom stereocenters. The van der Waals surface area contributed by atoms with Crippen LogP contribution in [-0.4, -0.2) is 23.8 Å². The average Bonchev–Trinajstić information content (AvgIpc) is 2.78. The first-order chi connectivity index (χ1) is 15.2. The van der Waals surface area contributed by atoms with Gasteiger partial charge in [0, 0.05) is 0 Å². The third-order valence-corrected chi connectivity index (χ3v) is 6.15. The minimum Gasteiger partial charge on any atom is -0.465 e. The lowest BCUT2D eigenvalue weighted by atomic mass is 9.93. The monoisotopic (exact) mass is 432 g/mol. The van der Waals surface area contributed by atoms with Crippen molar-refractivity contribution in [3.63, 3.8) is 0 Å². The number of hydrogen-bond donors (Lipinski definition) is 1. The summed E-state index contributed by atoms with van der Waals surface area (Å²) in [6.45, 7) is 4.87. The van der Waals surface area contributed by atoms with Crippen LogP contribution >= 0.6 is 0 Å². The summed E-state index contributed by atoms with van der Waals surface area (Å²) < 4.78 is 5.52. The van der Waals surface area contributed by atoms with Gasteiger partial charge < -0.3 is 9.84 Å². The molecule has 1 N–H and O–H groups in total. The van der Waals surface area contributed by atoms with E-state index in [1.807, 2.05) is 30.3 Å². The standard InChI is InChI=1S/C28H48O3/c1-3-5-7-16-21-26(29)22-17-11-9-8-10-12-18-23-27(25-19-14-13-15-20-25)28(30)31-24-6-4-2/h13-15,19-20,26-27,29H,3-12,16-18,21-24H2,1-2H3. The SMILES string of the molecule is CCCCCCC(O)CCCCCCCCCC(C(=O)OCCCC)c1ccccc1. The summed E-state index contributed by atoms with van der Waals surface area (Å²) >= 11 is 0. The minimum atomic E-state index is -0.128. The Morgan fingerprint density at radius 3 is 1.84 bits per heavy atom. The van der Waals surface area contributed by atoms with Gasteiger partial charge in [-0.3, -0.25) is 4.79 Å². The second-order valence-corrected chi connectivity index (χ2v) is 9.04. The highest BCUT2D eigenvalue weighted by Crippen LogP contribution is 2.25. The van der Waals surface area contributed by atoms with Gasteiger partial charge in [0.1, 0.15) is 0 Å². The smallest absolute Gasteiger partial charge is 0.313 e. The molecule has 0 spiro atoms. The fourth-order valence-corrected chi connectivity index (χ4v) is 4.09. The maximum Gasteiger partial charge on any atom is 0.313 e. The van der Waals surface area contributed by atoms with Crippen molar-refractivity contribution >= 4 is 5.97 Å². The molecule has 0 aliphatic rings. The Bertz CT molecular complexity index is 528. The minimum absolute atomic E-state index is 0.0621. The lowest BCUT2D eigenvalue weighted by Gasteiger charge is -2.16. The molecule has 1 aromatic rings. The molecule has 0 radical (unpaired) electrons. The molecule has 0 saturated carbocycles. The van der Waals surface area contributed by atoms with E-state index < -0.39 is 0 Å². The van der Waals surface area contributed by atoms with Crippen LogP contribution in [0.4, 0.5) is 0 Å². The fourth-order valence-electron chi connectivity index (χ4n) is 4.09. The molecule has 31 heavy (non-hydrogen) atoms. The van der Waals surface area contributed by atoms with Crippen molar-refractivity contribution in [2.75, 3.05) is 6.61 Å². The number of hydrogen-bond acceptors (Lipinski definition) is 3. The molecule has 2 atom stereocenters. The second kappa shape index (κ2) is 19.3. The quantitative estimate of drug-likeness (QED) is 0.168. The number of rotatable bonds is 20. The molecule has 178 valence electrons. The summed E-state index contributed by atoms with van der Waals surface area (Å²) in [4.78, 5) is 12.6. The summed E-state index contributed by atoms with van der Waals surface area (Å²) in [5, 5.41) is 10.0. The maximum absolute atomic E-state index is 12.6. The van der Waals surface area contributed by atoms with Crippen LogP contribution in [-0.2, 0) is 9.53 Å². The van der Waals surface area contributed by atoms with E-state index in [4.69, 9.17) is 4.74 Å². The average molecular weight is 433 g/mol. The zero-order chi connectivity index (χ0) is 22.6. The Hall–Kier alpha value is -1.35. The zero-order valence-electron chi connectivity index (χ0n) is 20.3. The van der Waals surface area contributed by atoms with Gasteiger partial charge in [0.25, 0.3) is 0 Å². The van der Waals surface area contributed by atoms with Crippen molar-refractivity contribution in [3.8, 4) is 0 Å². The van der Waals surface area contributed by atoms with Crippen molar-refractivity contribution in [2.24, 2.45) is 0 Å². The molecule has 0 amide bonds. The van der Waals surface area contributed by atoms with Crippen molar-refractivity contribution in [1.29, 1.82) is 0 Å². The molecule has 1 aromatic carbocycles. The van der Waals surface area contributed by atoms with E-state index in [1.165, 1.54) is 57.8 Å². The van der Waals surface area contributed by atoms with Gasteiger partial charge in [0.2, 0.25) is 0 Å². The number of unbranched alkanes of at least 4 members (excludes halogenated alkanes) is 10. The number of ether oxygens (including phenoxy) is 1. The van der Waals surface area contributed by atoms with Crippen LogP contribution in [0.25, 0.3) is 0 Å². The van der Waals surface area contributed by atoms with Gasteiger partial charge in [-0.15, -0.1) is 0 Å². The van der Waals surface area contributed by atoms with Gasteiger partial charge in [-0.25, -0.2) is 0 Å². The number of esters is 1. The summed E-state index contributed by atoms with van der Waals surface area (Å²) in [6, 6.07) is 10.1. The van der Waals surface area contributed by atoms with E-state index in [2.05, 4.69) is 13.8 Å². The van der Waals surface area contributed by atoms with Crippen molar-refractivity contribution in [1.82, 2.24) is 0 Å². The molecular weight excluding hydrogens is 384 g/mol. The van der Waals surface area contributed by atoms with Gasteiger partial charge in [-0.2, -0.15) is 0 Å². The molecule has 0 heterocycles. The number of carbonyl (C=O) groups excluding carboxylic acids is 1. The summed E-state index contributed by atoms with van der Waals surface area (Å²) in [6.07, 6.45) is 18.0. The maximum atomic E-state index is 12.6. The van der Waals surface area contributed by atoms with Gasteiger partial charge >= 0.3 is 5.97 Å². The molecule has 0 saturated heterocycles. The first kappa shape index (κ1) is 27.7. The number of benzene rings is 1. The molecule has 0 aromatic heterocycles. The van der Waals surface area contributed by atoms with Crippen molar-refractivity contribution in [2.45, 2.75) is 129 Å². The Labute approximate surface area is 192 Å². The Kier molecular flexibility index (Phi) is 17.3. The predicted octanol–water partition coefficient (Wildman–Crippen LogP) is 7.96. The third-order valence-electron chi connectivity index (χ3n) is 6.15. The van der Waals surface area contributed by atoms with Crippen molar-refractivity contribution < 1.29 is 14.6 Å². The molecule has 3 heteroatoms. The van der Waals surface area contributed by atoms with Gasteiger partial charge in [-0.1, -0.05) is 121 Å². The lowest BCUT2D eigenvalue weighted by Crippen LogP contribution is -2.17. The highest BCUT2D eigenvalue weighted by Gasteiger charge is 2.21. The van der Waals surface area contributed by atoms with Gasteiger partial charge in [0.05, 0.1) is 18.6 Å². The number of aliphatic hydroxyl groups excluding tert-OH is 1. The molecule has 3 nitrogen and oxygen atoms in total. The van der Waals surface area contributed by atoms with E-state index in [9.17, 15) is 9.90 Å². The highest BCUT2D eigenvalue weighted by atomic mass is 16.5. The van der Waals surface area contributed by atoms with Crippen LogP contribution in [0.1, 0.15) is 128 Å². The lowest BCUT2D eigenvalue weighted by molar-refractivity contribution is -0.145. The van der Waals surface area contributed by atoms with Crippen LogP contribution < -0.4 is 0 Å². The summed E-state index contributed by atoms with van der Waals surface area (Å²) in [5.74, 6) is -0.190. The Morgan fingerprint density at radius 1 is 0.742 bits per heavy atom. The van der Waals surface area contributed by atoms with Crippen LogP contribution in [0.2, 0.25) is 0 Å². The molecule has 0 fully saturated rings. The molecule has 0 aliphatic heterocycles. The molecular formula is C28H48O3. The van der Waals surface area contributed by atoms with E-state index in [0.29, 0.717) is 6.61 Å². The highest BCUT2D eigenvalue weighted by molar-refractivity contribution is 5.78. The van der Waals surface area contributed by atoms with Crippen LogP contribution in [0.3, 0.4) is 0 Å². The topological polar surface area (TPSA) is 46.5 Å². The van der Waals surface area contributed by atoms with E-state index in [0.717, 1.165) is 50.5 Å². The Balaban J connectivity index is 2.13. The van der Waals surface area contributed by atoms with Gasteiger partial charge in [-0.05, 0) is 31.2 Å².